The zero-order chi connectivity index (χ0) is 27.2. The molecule has 1 aromatic heterocycles. The summed E-state index contributed by atoms with van der Waals surface area (Å²) >= 11 is 0. The number of hydrogen-bond acceptors (Lipinski definition) is 5. The van der Waals surface area contributed by atoms with E-state index in [0.717, 1.165) is 22.1 Å². The van der Waals surface area contributed by atoms with Crippen LogP contribution >= 0.6 is 0 Å². The number of para-hydroxylation sites is 1. The molecule has 2 aliphatic rings. The van der Waals surface area contributed by atoms with E-state index in [1.165, 1.54) is 22.3 Å². The zero-order valence-electron chi connectivity index (χ0n) is 22.7. The zero-order valence-corrected chi connectivity index (χ0v) is 22.7. The lowest BCUT2D eigenvalue weighted by Crippen LogP contribution is -2.41. The minimum atomic E-state index is -0.627. The molecule has 1 aliphatic carbocycles. The van der Waals surface area contributed by atoms with E-state index in [1.807, 2.05) is 76.2 Å². The molecule has 6 rings (SSSR count). The van der Waals surface area contributed by atoms with Crippen molar-refractivity contribution in [2.45, 2.75) is 44.8 Å². The SMILES string of the molecule is CC1(C)OB(C(=Cc2cccc3[nH]cnc23)CNC(=O)OCC2c3ccccc3-c3ccccc32)OC1(C)C. The molecule has 2 heterocycles. The van der Waals surface area contributed by atoms with Crippen LogP contribution in [0, 0.1) is 0 Å². The van der Waals surface area contributed by atoms with Crippen LogP contribution in [0.2, 0.25) is 0 Å². The normalized spacial score (nSPS) is 17.7. The number of carbonyl (C=O) groups is 1. The van der Waals surface area contributed by atoms with Crippen molar-refractivity contribution in [3.8, 4) is 11.1 Å². The van der Waals surface area contributed by atoms with Gasteiger partial charge in [-0.05, 0) is 61.5 Å². The molecule has 39 heavy (non-hydrogen) atoms. The van der Waals surface area contributed by atoms with Gasteiger partial charge in [0.2, 0.25) is 0 Å². The molecule has 3 aromatic carbocycles. The van der Waals surface area contributed by atoms with Crippen LogP contribution in [0.3, 0.4) is 0 Å². The van der Waals surface area contributed by atoms with Crippen LogP contribution < -0.4 is 5.32 Å². The highest BCUT2D eigenvalue weighted by Gasteiger charge is 2.52. The van der Waals surface area contributed by atoms with E-state index in [4.69, 9.17) is 14.0 Å². The number of ether oxygens (including phenoxy) is 1. The lowest BCUT2D eigenvalue weighted by atomic mass is 9.77. The molecule has 0 spiro atoms. The van der Waals surface area contributed by atoms with E-state index in [2.05, 4.69) is 39.6 Å². The molecular formula is C31H32BN3O4. The van der Waals surface area contributed by atoms with Gasteiger partial charge in [-0.3, -0.25) is 0 Å². The average Bonchev–Trinajstić information content (AvgIpc) is 3.58. The molecule has 1 saturated heterocycles. The number of fused-ring (bicyclic) bond motifs is 4. The second-order valence-corrected chi connectivity index (χ2v) is 11.1. The molecule has 0 atom stereocenters. The topological polar surface area (TPSA) is 85.5 Å². The Kier molecular flexibility index (Phi) is 6.32. The van der Waals surface area contributed by atoms with Gasteiger partial charge in [-0.15, -0.1) is 0 Å². The third kappa shape index (κ3) is 4.64. The molecule has 0 bridgehead atoms. The Morgan fingerprint density at radius 2 is 1.62 bits per heavy atom. The summed E-state index contributed by atoms with van der Waals surface area (Å²) in [6.45, 7) is 8.50. The van der Waals surface area contributed by atoms with Crippen LogP contribution in [0.25, 0.3) is 28.2 Å². The summed E-state index contributed by atoms with van der Waals surface area (Å²) in [5, 5.41) is 2.93. The van der Waals surface area contributed by atoms with Crippen LogP contribution in [0.5, 0.6) is 0 Å². The maximum Gasteiger partial charge on any atom is 0.492 e. The highest BCUT2D eigenvalue weighted by atomic mass is 16.7. The van der Waals surface area contributed by atoms with Crippen molar-refractivity contribution in [2.24, 2.45) is 0 Å². The van der Waals surface area contributed by atoms with E-state index < -0.39 is 24.4 Å². The predicted molar refractivity (Wildman–Crippen MR) is 153 cm³/mol. The predicted octanol–water partition coefficient (Wildman–Crippen LogP) is 6.12. The first-order chi connectivity index (χ1) is 18.7. The molecule has 8 heteroatoms. The Hall–Kier alpha value is -3.88. The van der Waals surface area contributed by atoms with E-state index in [1.54, 1.807) is 6.33 Å². The number of nitrogens with zero attached hydrogens (tertiary/aromatic N) is 1. The standard InChI is InChI=1S/C31H32BN3O4/c1-30(2)31(3,4)39-32(38-30)21(16-20-10-9-15-27-28(20)35-19-34-27)17-33-29(36)37-18-26-24-13-7-5-11-22(24)23-12-6-8-14-25(23)26/h5-16,19,26H,17-18H2,1-4H3,(H,33,36)(H,34,35). The van der Waals surface area contributed by atoms with Gasteiger partial charge >= 0.3 is 13.2 Å². The highest BCUT2D eigenvalue weighted by molar-refractivity contribution is 6.56. The van der Waals surface area contributed by atoms with E-state index >= 15 is 0 Å². The van der Waals surface area contributed by atoms with Gasteiger partial charge in [0.25, 0.3) is 0 Å². The molecular weight excluding hydrogens is 489 g/mol. The lowest BCUT2D eigenvalue weighted by Gasteiger charge is -2.32. The molecule has 2 N–H and O–H groups in total. The summed E-state index contributed by atoms with van der Waals surface area (Å²) in [6, 6.07) is 22.5. The number of H-pyrrole nitrogens is 1. The summed E-state index contributed by atoms with van der Waals surface area (Å²) in [6.07, 6.45) is 3.16. The first kappa shape index (κ1) is 25.4. The highest BCUT2D eigenvalue weighted by Crippen LogP contribution is 2.44. The van der Waals surface area contributed by atoms with Gasteiger partial charge in [-0.1, -0.05) is 66.7 Å². The summed E-state index contributed by atoms with van der Waals surface area (Å²) < 4.78 is 18.4. The van der Waals surface area contributed by atoms with E-state index in [9.17, 15) is 4.79 Å². The average molecular weight is 521 g/mol. The molecule has 1 fully saturated rings. The summed E-state index contributed by atoms with van der Waals surface area (Å²) in [5.74, 6) is -0.00136. The van der Waals surface area contributed by atoms with Crippen LogP contribution in [-0.4, -0.2) is 47.5 Å². The fraction of sp³-hybridized carbons (Fsp3) is 0.290. The number of alkyl carbamates (subject to hydrolysis) is 1. The quantitative estimate of drug-likeness (QED) is 0.299. The first-order valence-corrected chi connectivity index (χ1v) is 13.3. The Bertz CT molecular complexity index is 1510. The van der Waals surface area contributed by atoms with Gasteiger partial charge in [0.15, 0.2) is 0 Å². The fourth-order valence-electron chi connectivity index (χ4n) is 5.33. The van der Waals surface area contributed by atoms with Crippen molar-refractivity contribution in [2.75, 3.05) is 13.2 Å². The van der Waals surface area contributed by atoms with Crippen molar-refractivity contribution < 1.29 is 18.8 Å². The molecule has 4 aromatic rings. The third-order valence-electron chi connectivity index (χ3n) is 8.16. The molecule has 0 radical (unpaired) electrons. The van der Waals surface area contributed by atoms with Crippen molar-refractivity contribution in [3.05, 3.63) is 95.2 Å². The maximum atomic E-state index is 13.0. The van der Waals surface area contributed by atoms with Gasteiger partial charge in [-0.2, -0.15) is 0 Å². The molecule has 1 amide bonds. The van der Waals surface area contributed by atoms with Crippen LogP contribution in [0.1, 0.15) is 50.3 Å². The number of imidazole rings is 1. The van der Waals surface area contributed by atoms with Crippen LogP contribution in [0.4, 0.5) is 4.79 Å². The maximum absolute atomic E-state index is 13.0. The number of aromatic nitrogens is 2. The van der Waals surface area contributed by atoms with Crippen LogP contribution in [0.15, 0.2) is 78.5 Å². The Morgan fingerprint density at radius 3 is 2.28 bits per heavy atom. The Balaban J connectivity index is 1.20. The number of hydrogen-bond donors (Lipinski definition) is 2. The second-order valence-electron chi connectivity index (χ2n) is 11.1. The molecule has 1 aliphatic heterocycles. The van der Waals surface area contributed by atoms with Crippen molar-refractivity contribution in [1.29, 1.82) is 0 Å². The third-order valence-corrected chi connectivity index (χ3v) is 8.16. The van der Waals surface area contributed by atoms with Gasteiger partial charge in [0.1, 0.15) is 6.61 Å². The molecule has 198 valence electrons. The van der Waals surface area contributed by atoms with Gasteiger partial charge < -0.3 is 24.3 Å². The molecule has 0 unspecified atom stereocenters. The number of aromatic amines is 1. The summed E-state index contributed by atoms with van der Waals surface area (Å²) in [7, 11) is -0.627. The van der Waals surface area contributed by atoms with E-state index in [-0.39, 0.29) is 19.1 Å². The Labute approximate surface area is 228 Å². The van der Waals surface area contributed by atoms with E-state index in [0.29, 0.717) is 0 Å². The van der Waals surface area contributed by atoms with Gasteiger partial charge in [0.05, 0.1) is 28.6 Å². The summed E-state index contributed by atoms with van der Waals surface area (Å²) in [4.78, 5) is 20.6. The molecule has 0 saturated carbocycles. The smallest absolute Gasteiger partial charge is 0.449 e. The number of amides is 1. The minimum Gasteiger partial charge on any atom is -0.449 e. The Morgan fingerprint density at radius 1 is 0.974 bits per heavy atom. The lowest BCUT2D eigenvalue weighted by molar-refractivity contribution is 0.00578. The number of benzene rings is 3. The van der Waals surface area contributed by atoms with Gasteiger partial charge in [-0.25, -0.2) is 9.78 Å². The summed E-state index contributed by atoms with van der Waals surface area (Å²) in [5.41, 5.74) is 7.17. The first-order valence-electron chi connectivity index (χ1n) is 13.3. The number of carbonyl (C=O) groups excluding carboxylic acids is 1. The van der Waals surface area contributed by atoms with Crippen LogP contribution in [-0.2, 0) is 14.0 Å². The molecule has 7 nitrogen and oxygen atoms in total. The van der Waals surface area contributed by atoms with Crippen molar-refractivity contribution in [3.63, 3.8) is 0 Å². The number of rotatable bonds is 6. The van der Waals surface area contributed by atoms with Crippen molar-refractivity contribution >= 4 is 30.3 Å². The number of nitrogens with one attached hydrogen (secondary N) is 2. The van der Waals surface area contributed by atoms with Crippen molar-refractivity contribution in [1.82, 2.24) is 15.3 Å². The fourth-order valence-corrected chi connectivity index (χ4v) is 5.33. The van der Waals surface area contributed by atoms with Gasteiger partial charge in [0, 0.05) is 18.0 Å². The monoisotopic (exact) mass is 521 g/mol. The second kappa shape index (κ2) is 9.70. The minimum absolute atomic E-state index is 0.00136. The largest absolute Gasteiger partial charge is 0.492 e.